The van der Waals surface area contributed by atoms with Crippen molar-refractivity contribution in [3.05, 3.63) is 77.9 Å². The molecule has 7 rings (SSSR count). The molecule has 0 radical (unpaired) electrons. The highest BCUT2D eigenvalue weighted by Crippen LogP contribution is 2.31. The van der Waals surface area contributed by atoms with Gasteiger partial charge < -0.3 is 20.6 Å². The predicted octanol–water partition coefficient (Wildman–Crippen LogP) is 3.93. The van der Waals surface area contributed by atoms with Gasteiger partial charge in [0, 0.05) is 69.4 Å². The number of benzene rings is 1. The van der Waals surface area contributed by atoms with Gasteiger partial charge in [-0.2, -0.15) is 9.19 Å². The highest BCUT2D eigenvalue weighted by atomic mass is 32.2. The van der Waals surface area contributed by atoms with E-state index in [0.29, 0.717) is 41.8 Å². The van der Waals surface area contributed by atoms with Crippen LogP contribution in [0, 0.1) is 17.8 Å². The van der Waals surface area contributed by atoms with Crippen LogP contribution < -0.4 is 10.6 Å². The van der Waals surface area contributed by atoms with Crippen LogP contribution in [0.15, 0.2) is 61.2 Å². The summed E-state index contributed by atoms with van der Waals surface area (Å²) in [6.45, 7) is 5.57. The fourth-order valence-corrected chi connectivity index (χ4v) is 7.80. The molecule has 0 amide bonds. The molecule has 1 saturated heterocycles. The Balaban J connectivity index is 1.08. The molecule has 4 heterocycles. The SMILES string of the molecule is CN1CCN(Cc2ccc(C#Cc3cnc(Nc4ccnc(-c5cnn(S(=O)(=O)C6CC6)c5)n4)cc3NC3CCC(CO)CC3)cc2)CC1. The van der Waals surface area contributed by atoms with Crippen molar-refractivity contribution < 1.29 is 13.5 Å². The van der Waals surface area contributed by atoms with Gasteiger partial charge in [0.2, 0.25) is 0 Å². The third kappa shape index (κ3) is 8.28. The van der Waals surface area contributed by atoms with Crippen LogP contribution >= 0.6 is 0 Å². The van der Waals surface area contributed by atoms with Gasteiger partial charge in [0.1, 0.15) is 11.6 Å². The predicted molar refractivity (Wildman–Crippen MR) is 190 cm³/mol. The van der Waals surface area contributed by atoms with Gasteiger partial charge in [-0.15, -0.1) is 0 Å². The number of rotatable bonds is 10. The van der Waals surface area contributed by atoms with Crippen molar-refractivity contribution in [2.45, 2.75) is 56.4 Å². The smallest absolute Gasteiger partial charge is 0.256 e. The molecule has 0 bridgehead atoms. The Kier molecular flexibility index (Phi) is 9.91. The summed E-state index contributed by atoms with van der Waals surface area (Å²) in [6, 6.07) is 12.5. The molecular weight excluding hydrogens is 639 g/mol. The Labute approximate surface area is 288 Å². The van der Waals surface area contributed by atoms with Crippen molar-refractivity contribution in [1.82, 2.24) is 33.9 Å². The molecule has 0 spiro atoms. The molecule has 2 saturated carbocycles. The van der Waals surface area contributed by atoms with Crippen LogP contribution in [0.5, 0.6) is 0 Å². The summed E-state index contributed by atoms with van der Waals surface area (Å²) in [5.74, 6) is 8.50. The highest BCUT2D eigenvalue weighted by molar-refractivity contribution is 7.90. The van der Waals surface area contributed by atoms with Gasteiger partial charge in [-0.05, 0) is 75.3 Å². The van der Waals surface area contributed by atoms with Gasteiger partial charge >= 0.3 is 0 Å². The molecule has 12 nitrogen and oxygen atoms in total. The second-order valence-electron chi connectivity index (χ2n) is 13.4. The summed E-state index contributed by atoms with van der Waals surface area (Å²) < 4.78 is 26.2. The number of hydrogen-bond donors (Lipinski definition) is 3. The maximum absolute atomic E-state index is 12.6. The highest BCUT2D eigenvalue weighted by Gasteiger charge is 2.37. The summed E-state index contributed by atoms with van der Waals surface area (Å²) in [7, 11) is -1.30. The number of nitrogens with one attached hydrogen (secondary N) is 2. The first-order chi connectivity index (χ1) is 23.8. The average molecular weight is 682 g/mol. The molecule has 0 unspecified atom stereocenters. The van der Waals surface area contributed by atoms with Gasteiger partial charge in [0.25, 0.3) is 10.0 Å². The summed E-state index contributed by atoms with van der Waals surface area (Å²) in [4.78, 5) is 18.5. The van der Waals surface area contributed by atoms with E-state index in [1.807, 2.05) is 6.07 Å². The maximum atomic E-state index is 12.6. The van der Waals surface area contributed by atoms with Crippen molar-refractivity contribution >= 4 is 27.3 Å². The van der Waals surface area contributed by atoms with Crippen LogP contribution in [-0.2, 0) is 16.6 Å². The number of nitrogens with zero attached hydrogens (tertiary/aromatic N) is 7. The monoisotopic (exact) mass is 681 g/mol. The molecule has 256 valence electrons. The van der Waals surface area contributed by atoms with Crippen molar-refractivity contribution in [3.63, 3.8) is 0 Å². The molecule has 2 aliphatic carbocycles. The molecule has 13 heteroatoms. The molecule has 3 N–H and O–H groups in total. The van der Waals surface area contributed by atoms with Crippen LogP contribution in [0.4, 0.5) is 17.3 Å². The summed E-state index contributed by atoms with van der Waals surface area (Å²) in [6.07, 6.45) is 11.6. The first-order valence-corrected chi connectivity index (χ1v) is 18.6. The first kappa shape index (κ1) is 33.2. The van der Waals surface area contributed by atoms with Crippen LogP contribution in [0.1, 0.15) is 55.2 Å². The van der Waals surface area contributed by atoms with E-state index in [-0.39, 0.29) is 17.9 Å². The van der Waals surface area contributed by atoms with Crippen molar-refractivity contribution in [3.8, 4) is 23.2 Å². The van der Waals surface area contributed by atoms with E-state index in [4.69, 9.17) is 0 Å². The number of aliphatic hydroxyl groups is 1. The number of aliphatic hydroxyl groups excluding tert-OH is 1. The topological polar surface area (TPSA) is 141 Å². The maximum Gasteiger partial charge on any atom is 0.256 e. The Morgan fingerprint density at radius 2 is 1.69 bits per heavy atom. The molecular formula is C36H43N9O3S. The second-order valence-corrected chi connectivity index (χ2v) is 15.5. The zero-order valence-corrected chi connectivity index (χ0v) is 28.6. The van der Waals surface area contributed by atoms with Gasteiger partial charge in [0.15, 0.2) is 5.82 Å². The van der Waals surface area contributed by atoms with E-state index in [0.717, 1.165) is 79.3 Å². The minimum Gasteiger partial charge on any atom is -0.396 e. The van der Waals surface area contributed by atoms with E-state index >= 15 is 0 Å². The molecule has 0 atom stereocenters. The van der Waals surface area contributed by atoms with Gasteiger partial charge in [0.05, 0.1) is 34.5 Å². The minimum atomic E-state index is -3.48. The van der Waals surface area contributed by atoms with E-state index in [1.165, 1.54) is 18.0 Å². The average Bonchev–Trinajstić information content (AvgIpc) is 3.87. The lowest BCUT2D eigenvalue weighted by Gasteiger charge is -2.32. The normalized spacial score (nSPS) is 20.4. The van der Waals surface area contributed by atoms with E-state index in [2.05, 4.69) is 83.6 Å². The van der Waals surface area contributed by atoms with Crippen LogP contribution in [0.25, 0.3) is 11.4 Å². The number of anilines is 3. The first-order valence-electron chi connectivity index (χ1n) is 17.1. The lowest BCUT2D eigenvalue weighted by molar-refractivity contribution is 0.148. The quantitative estimate of drug-likeness (QED) is 0.210. The Morgan fingerprint density at radius 3 is 2.43 bits per heavy atom. The number of hydrogen-bond acceptors (Lipinski definition) is 11. The molecule has 1 aromatic carbocycles. The summed E-state index contributed by atoms with van der Waals surface area (Å²) in [5, 5.41) is 20.3. The molecule has 3 aliphatic rings. The van der Waals surface area contributed by atoms with Crippen molar-refractivity contribution in [1.29, 1.82) is 0 Å². The van der Waals surface area contributed by atoms with Gasteiger partial charge in [-0.1, -0.05) is 24.0 Å². The lowest BCUT2D eigenvalue weighted by Crippen LogP contribution is -2.43. The van der Waals surface area contributed by atoms with Crippen molar-refractivity contribution in [2.75, 3.05) is 50.5 Å². The minimum absolute atomic E-state index is 0.235. The second kappa shape index (κ2) is 14.6. The summed E-state index contributed by atoms with van der Waals surface area (Å²) >= 11 is 0. The third-order valence-electron chi connectivity index (χ3n) is 9.60. The Morgan fingerprint density at radius 1 is 0.918 bits per heavy atom. The van der Waals surface area contributed by atoms with Gasteiger partial charge in [-0.3, -0.25) is 4.90 Å². The zero-order chi connectivity index (χ0) is 33.8. The Bertz CT molecular complexity index is 1920. The molecule has 49 heavy (non-hydrogen) atoms. The third-order valence-corrected chi connectivity index (χ3v) is 11.6. The fourth-order valence-electron chi connectivity index (χ4n) is 6.33. The Hall–Kier alpha value is -4.35. The van der Waals surface area contributed by atoms with Crippen LogP contribution in [0.2, 0.25) is 0 Å². The van der Waals surface area contributed by atoms with Gasteiger partial charge in [-0.25, -0.2) is 23.4 Å². The van der Waals surface area contributed by atoms with Crippen LogP contribution in [0.3, 0.4) is 0 Å². The number of likely N-dealkylation sites (N-methyl/N-ethyl adjacent to an activating group) is 1. The number of piperazine rings is 1. The standard InChI is InChI=1S/C36H43N9O3S/c1-43-16-18-44(19-17-43)23-27-4-2-26(3-5-27)6-9-29-21-38-35(20-33(29)40-31-10-7-28(25-46)8-11-31)41-34-14-15-37-36(42-34)30-22-39-45(24-30)49(47,48)32-12-13-32/h2-5,14-15,20-22,24,28,31-32,46H,7-8,10-13,16-19,23,25H2,1H3,(H2,37,38,40,41,42). The van der Waals surface area contributed by atoms with Crippen LogP contribution in [-0.4, -0.2) is 98.6 Å². The van der Waals surface area contributed by atoms with Crippen molar-refractivity contribution in [2.24, 2.45) is 5.92 Å². The summed E-state index contributed by atoms with van der Waals surface area (Å²) in [5.41, 5.74) is 4.42. The lowest BCUT2D eigenvalue weighted by atomic mass is 9.86. The molecule has 1 aliphatic heterocycles. The fraction of sp³-hybridized carbons (Fsp3) is 0.444. The molecule has 3 fully saturated rings. The van der Waals surface area contributed by atoms with E-state index in [9.17, 15) is 13.5 Å². The molecule has 3 aromatic heterocycles. The molecule has 4 aromatic rings. The number of pyridine rings is 1. The largest absolute Gasteiger partial charge is 0.396 e. The van der Waals surface area contributed by atoms with E-state index < -0.39 is 10.0 Å². The number of aromatic nitrogens is 5. The zero-order valence-electron chi connectivity index (χ0n) is 27.8. The van der Waals surface area contributed by atoms with E-state index in [1.54, 1.807) is 18.5 Å².